The average molecular weight is 301 g/mol. The van der Waals surface area contributed by atoms with Gasteiger partial charge < -0.3 is 15.8 Å². The van der Waals surface area contributed by atoms with Crippen molar-refractivity contribution >= 4 is 33.6 Å². The van der Waals surface area contributed by atoms with Crippen LogP contribution in [0.25, 0.3) is 0 Å². The summed E-state index contributed by atoms with van der Waals surface area (Å²) in [5.41, 5.74) is 6.56. The molecular formula is C11H13BrN2O3. The summed E-state index contributed by atoms with van der Waals surface area (Å²) < 4.78 is 4.55. The maximum absolute atomic E-state index is 11.5. The summed E-state index contributed by atoms with van der Waals surface area (Å²) >= 11 is 3.32. The number of carbonyl (C=O) groups excluding carboxylic acids is 2. The summed E-state index contributed by atoms with van der Waals surface area (Å²) in [6.07, 6.45) is -1.88. The Labute approximate surface area is 107 Å². The van der Waals surface area contributed by atoms with E-state index in [1.54, 1.807) is 12.1 Å². The molecule has 1 aromatic carbocycles. The Kier molecular flexibility index (Phi) is 4.96. The fraction of sp³-hybridized carbons (Fsp3) is 0.273. The van der Waals surface area contributed by atoms with Gasteiger partial charge in [-0.1, -0.05) is 28.1 Å². The van der Waals surface area contributed by atoms with Gasteiger partial charge in [0.25, 0.3) is 5.91 Å². The molecule has 1 rings (SSSR count). The SMILES string of the molecule is C[C@H](OC(N)=O)C(=O)Nc1ccc(CBr)cc1. The highest BCUT2D eigenvalue weighted by atomic mass is 79.9. The lowest BCUT2D eigenvalue weighted by molar-refractivity contribution is -0.123. The number of primary amides is 1. The number of anilines is 1. The molecule has 0 aliphatic carbocycles. The molecule has 0 saturated carbocycles. The molecule has 1 aromatic rings. The van der Waals surface area contributed by atoms with E-state index in [4.69, 9.17) is 5.73 Å². The molecule has 0 radical (unpaired) electrons. The van der Waals surface area contributed by atoms with Crippen LogP contribution in [0.3, 0.4) is 0 Å². The number of carbonyl (C=O) groups is 2. The van der Waals surface area contributed by atoms with Crippen molar-refractivity contribution in [3.63, 3.8) is 0 Å². The second-order valence-corrected chi connectivity index (χ2v) is 3.96. The second-order valence-electron chi connectivity index (χ2n) is 3.40. The van der Waals surface area contributed by atoms with E-state index in [9.17, 15) is 9.59 Å². The van der Waals surface area contributed by atoms with Crippen molar-refractivity contribution in [2.45, 2.75) is 18.4 Å². The first-order valence-electron chi connectivity index (χ1n) is 4.94. The lowest BCUT2D eigenvalue weighted by Gasteiger charge is -2.11. The summed E-state index contributed by atoms with van der Waals surface area (Å²) in [5.74, 6) is -0.421. The van der Waals surface area contributed by atoms with E-state index in [0.717, 1.165) is 10.9 Å². The summed E-state index contributed by atoms with van der Waals surface area (Å²) in [7, 11) is 0. The molecule has 6 heteroatoms. The smallest absolute Gasteiger partial charge is 0.405 e. The number of benzene rings is 1. The third kappa shape index (κ3) is 4.44. The van der Waals surface area contributed by atoms with Crippen molar-refractivity contribution in [3.05, 3.63) is 29.8 Å². The second kappa shape index (κ2) is 6.24. The Bertz CT molecular complexity index is 406. The summed E-state index contributed by atoms with van der Waals surface area (Å²) in [5, 5.41) is 3.36. The third-order valence-electron chi connectivity index (χ3n) is 2.04. The largest absolute Gasteiger partial charge is 0.437 e. The van der Waals surface area contributed by atoms with Crippen LogP contribution < -0.4 is 11.1 Å². The van der Waals surface area contributed by atoms with Gasteiger partial charge in [-0.3, -0.25) is 4.79 Å². The summed E-state index contributed by atoms with van der Waals surface area (Å²) in [4.78, 5) is 22.0. The molecule has 0 spiro atoms. The third-order valence-corrected chi connectivity index (χ3v) is 2.69. The van der Waals surface area contributed by atoms with Crippen LogP contribution in [-0.2, 0) is 14.9 Å². The van der Waals surface area contributed by atoms with Crippen LogP contribution in [0, 0.1) is 0 Å². The van der Waals surface area contributed by atoms with Gasteiger partial charge in [0, 0.05) is 11.0 Å². The van der Waals surface area contributed by atoms with Gasteiger partial charge in [-0.05, 0) is 24.6 Å². The van der Waals surface area contributed by atoms with Gasteiger partial charge in [0.15, 0.2) is 6.10 Å². The lowest BCUT2D eigenvalue weighted by atomic mass is 10.2. The van der Waals surface area contributed by atoms with Gasteiger partial charge in [0.2, 0.25) is 0 Å². The minimum Gasteiger partial charge on any atom is -0.437 e. The molecule has 2 amide bonds. The number of hydrogen-bond donors (Lipinski definition) is 2. The highest BCUT2D eigenvalue weighted by molar-refractivity contribution is 9.08. The number of amides is 2. The Morgan fingerprint density at radius 3 is 2.47 bits per heavy atom. The molecule has 0 fully saturated rings. The van der Waals surface area contributed by atoms with Crippen molar-refractivity contribution in [2.24, 2.45) is 5.73 Å². The van der Waals surface area contributed by atoms with Crippen molar-refractivity contribution in [1.29, 1.82) is 0 Å². The fourth-order valence-electron chi connectivity index (χ4n) is 1.15. The fourth-order valence-corrected chi connectivity index (χ4v) is 1.52. The molecule has 0 unspecified atom stereocenters. The molecule has 0 bridgehead atoms. The molecule has 0 aliphatic heterocycles. The van der Waals surface area contributed by atoms with Crippen LogP contribution >= 0.6 is 15.9 Å². The highest BCUT2D eigenvalue weighted by Crippen LogP contribution is 2.12. The predicted octanol–water partition coefficient (Wildman–Crippen LogP) is 2.00. The first-order chi connectivity index (χ1) is 8.02. The van der Waals surface area contributed by atoms with Crippen molar-refractivity contribution < 1.29 is 14.3 Å². The molecule has 0 aromatic heterocycles. The monoisotopic (exact) mass is 300 g/mol. The molecule has 17 heavy (non-hydrogen) atoms. The number of nitrogens with one attached hydrogen (secondary N) is 1. The Balaban J connectivity index is 2.58. The van der Waals surface area contributed by atoms with Crippen LogP contribution in [-0.4, -0.2) is 18.1 Å². The predicted molar refractivity (Wildman–Crippen MR) is 67.8 cm³/mol. The van der Waals surface area contributed by atoms with Crippen LogP contribution in [0.4, 0.5) is 10.5 Å². The van der Waals surface area contributed by atoms with E-state index >= 15 is 0 Å². The molecule has 0 saturated heterocycles. The highest BCUT2D eigenvalue weighted by Gasteiger charge is 2.15. The first-order valence-corrected chi connectivity index (χ1v) is 6.07. The molecule has 0 aliphatic rings. The molecule has 1 atom stereocenters. The molecule has 5 nitrogen and oxygen atoms in total. The van der Waals surface area contributed by atoms with Crippen LogP contribution in [0.15, 0.2) is 24.3 Å². The molecule has 0 heterocycles. The number of halogens is 1. The van der Waals surface area contributed by atoms with E-state index in [1.165, 1.54) is 6.92 Å². The standard InChI is InChI=1S/C11H13BrN2O3/c1-7(17-11(13)16)10(15)14-9-4-2-8(6-12)3-5-9/h2-5,7H,6H2,1H3,(H2,13,16)(H,14,15)/t7-/m0/s1. The minimum absolute atomic E-state index is 0.421. The summed E-state index contributed by atoms with van der Waals surface area (Å²) in [6, 6.07) is 7.30. The molecule has 3 N–H and O–H groups in total. The zero-order valence-corrected chi connectivity index (χ0v) is 10.9. The van der Waals surface area contributed by atoms with Crippen molar-refractivity contribution in [3.8, 4) is 0 Å². The Morgan fingerprint density at radius 1 is 1.41 bits per heavy atom. The zero-order chi connectivity index (χ0) is 12.8. The number of rotatable bonds is 4. The van der Waals surface area contributed by atoms with Gasteiger partial charge >= 0.3 is 6.09 Å². The van der Waals surface area contributed by atoms with Crippen LogP contribution in [0.1, 0.15) is 12.5 Å². The van der Waals surface area contributed by atoms with E-state index in [2.05, 4.69) is 26.0 Å². The molecular weight excluding hydrogens is 288 g/mol. The average Bonchev–Trinajstić information content (AvgIpc) is 2.29. The minimum atomic E-state index is -0.970. The Hall–Kier alpha value is -1.56. The van der Waals surface area contributed by atoms with Gasteiger partial charge in [-0.2, -0.15) is 0 Å². The van der Waals surface area contributed by atoms with E-state index in [1.807, 2.05) is 12.1 Å². The summed E-state index contributed by atoms with van der Waals surface area (Å²) in [6.45, 7) is 1.45. The number of hydrogen-bond acceptors (Lipinski definition) is 3. The van der Waals surface area contributed by atoms with Crippen LogP contribution in [0.5, 0.6) is 0 Å². The number of ether oxygens (including phenoxy) is 1. The van der Waals surface area contributed by atoms with Crippen molar-refractivity contribution in [1.82, 2.24) is 0 Å². The van der Waals surface area contributed by atoms with Gasteiger partial charge in [0.05, 0.1) is 0 Å². The van der Waals surface area contributed by atoms with E-state index < -0.39 is 18.1 Å². The number of alkyl halides is 1. The normalized spacial score (nSPS) is 11.6. The van der Waals surface area contributed by atoms with Crippen LogP contribution in [0.2, 0.25) is 0 Å². The number of nitrogens with two attached hydrogens (primary N) is 1. The first kappa shape index (κ1) is 13.5. The van der Waals surface area contributed by atoms with Crippen molar-refractivity contribution in [2.75, 3.05) is 5.32 Å². The lowest BCUT2D eigenvalue weighted by Crippen LogP contribution is -2.31. The van der Waals surface area contributed by atoms with Gasteiger partial charge in [-0.15, -0.1) is 0 Å². The van der Waals surface area contributed by atoms with E-state index in [-0.39, 0.29) is 0 Å². The van der Waals surface area contributed by atoms with Gasteiger partial charge in [-0.25, -0.2) is 4.79 Å². The Morgan fingerprint density at radius 2 is 2.00 bits per heavy atom. The maximum atomic E-state index is 11.5. The topological polar surface area (TPSA) is 81.4 Å². The molecule has 92 valence electrons. The van der Waals surface area contributed by atoms with Gasteiger partial charge in [0.1, 0.15) is 0 Å². The zero-order valence-electron chi connectivity index (χ0n) is 9.27. The quantitative estimate of drug-likeness (QED) is 0.835. The maximum Gasteiger partial charge on any atom is 0.405 e. The van der Waals surface area contributed by atoms with E-state index in [0.29, 0.717) is 5.69 Å².